The van der Waals surface area contributed by atoms with E-state index in [1.54, 1.807) is 23.8 Å². The number of furan rings is 1. The van der Waals surface area contributed by atoms with E-state index in [0.717, 1.165) is 17.3 Å². The fourth-order valence-electron chi connectivity index (χ4n) is 2.25. The first-order chi connectivity index (χ1) is 10.3. The molecule has 6 nitrogen and oxygen atoms in total. The molecule has 1 N–H and O–H groups in total. The molecule has 1 saturated heterocycles. The van der Waals surface area contributed by atoms with E-state index in [9.17, 15) is 4.79 Å². The van der Waals surface area contributed by atoms with Crippen molar-refractivity contribution in [1.29, 1.82) is 0 Å². The van der Waals surface area contributed by atoms with Crippen LogP contribution < -0.4 is 5.32 Å². The predicted octanol–water partition coefficient (Wildman–Crippen LogP) is 1.43. The second kappa shape index (κ2) is 6.84. The Hall–Kier alpha value is -1.70. The summed E-state index contributed by atoms with van der Waals surface area (Å²) in [5, 5.41) is 5.76. The minimum atomic E-state index is -0.0309. The van der Waals surface area contributed by atoms with Crippen LogP contribution in [0.2, 0.25) is 0 Å². The highest BCUT2D eigenvalue weighted by atomic mass is 32.1. The van der Waals surface area contributed by atoms with Crippen LogP contribution in [-0.2, 0) is 16.1 Å². The fourth-order valence-corrected chi connectivity index (χ4v) is 2.92. The standard InChI is InChI=1S/C14H17N3O3S/c18-13(16-8-11-2-1-5-19-11)10-17-4-6-20-12(9-17)14-15-3-7-21-14/h1-3,5,7,12H,4,6,8-10H2,(H,16,18). The Balaban J connectivity index is 1.47. The molecule has 2 aromatic heterocycles. The molecule has 3 rings (SSSR count). The van der Waals surface area contributed by atoms with Crippen LogP contribution in [-0.4, -0.2) is 42.0 Å². The summed E-state index contributed by atoms with van der Waals surface area (Å²) in [5.74, 6) is 0.747. The van der Waals surface area contributed by atoms with Crippen LogP contribution in [0.4, 0.5) is 0 Å². The number of carbonyl (C=O) groups excluding carboxylic acids is 1. The van der Waals surface area contributed by atoms with Crippen molar-refractivity contribution in [1.82, 2.24) is 15.2 Å². The molecule has 1 fully saturated rings. The zero-order valence-corrected chi connectivity index (χ0v) is 12.3. The first-order valence-electron chi connectivity index (χ1n) is 6.83. The van der Waals surface area contributed by atoms with Crippen molar-refractivity contribution in [3.63, 3.8) is 0 Å². The number of hydrogen-bond donors (Lipinski definition) is 1. The van der Waals surface area contributed by atoms with Gasteiger partial charge in [0.1, 0.15) is 16.9 Å². The minimum absolute atomic E-state index is 0.00816. The van der Waals surface area contributed by atoms with Gasteiger partial charge in [0.25, 0.3) is 0 Å². The lowest BCUT2D eigenvalue weighted by atomic mass is 10.2. The van der Waals surface area contributed by atoms with Crippen molar-refractivity contribution < 1.29 is 13.9 Å². The maximum Gasteiger partial charge on any atom is 0.234 e. The Labute approximate surface area is 126 Å². The number of carbonyl (C=O) groups is 1. The Morgan fingerprint density at radius 2 is 2.52 bits per heavy atom. The lowest BCUT2D eigenvalue weighted by Crippen LogP contribution is -2.44. The average Bonchev–Trinajstić information content (AvgIpc) is 3.19. The van der Waals surface area contributed by atoms with Crippen LogP contribution in [0, 0.1) is 0 Å². The molecule has 0 saturated carbocycles. The number of morpholine rings is 1. The average molecular weight is 307 g/mol. The Kier molecular flexibility index (Phi) is 4.64. The van der Waals surface area contributed by atoms with Gasteiger partial charge in [-0.15, -0.1) is 11.3 Å². The quantitative estimate of drug-likeness (QED) is 0.905. The second-order valence-corrected chi connectivity index (χ2v) is 5.75. The lowest BCUT2D eigenvalue weighted by molar-refractivity contribution is -0.124. The second-order valence-electron chi connectivity index (χ2n) is 4.82. The van der Waals surface area contributed by atoms with Crippen LogP contribution in [0.5, 0.6) is 0 Å². The number of aromatic nitrogens is 1. The molecule has 0 bridgehead atoms. The molecule has 0 aromatic carbocycles. The Morgan fingerprint density at radius 3 is 3.29 bits per heavy atom. The summed E-state index contributed by atoms with van der Waals surface area (Å²) in [5.41, 5.74) is 0. The summed E-state index contributed by atoms with van der Waals surface area (Å²) < 4.78 is 10.9. The molecule has 7 heteroatoms. The van der Waals surface area contributed by atoms with Crippen molar-refractivity contribution >= 4 is 17.2 Å². The van der Waals surface area contributed by atoms with Crippen molar-refractivity contribution in [2.75, 3.05) is 26.2 Å². The molecular weight excluding hydrogens is 290 g/mol. The van der Waals surface area contributed by atoms with Gasteiger partial charge in [-0.25, -0.2) is 4.98 Å². The topological polar surface area (TPSA) is 67.6 Å². The number of ether oxygens (including phenoxy) is 1. The van der Waals surface area contributed by atoms with Gasteiger partial charge in [0, 0.05) is 24.7 Å². The summed E-state index contributed by atoms with van der Waals surface area (Å²) >= 11 is 1.58. The van der Waals surface area contributed by atoms with Crippen molar-refractivity contribution in [2.45, 2.75) is 12.6 Å². The van der Waals surface area contributed by atoms with E-state index in [-0.39, 0.29) is 12.0 Å². The van der Waals surface area contributed by atoms with E-state index in [0.29, 0.717) is 26.2 Å². The number of nitrogens with zero attached hydrogens (tertiary/aromatic N) is 2. The molecule has 0 aliphatic carbocycles. The summed E-state index contributed by atoms with van der Waals surface area (Å²) in [7, 11) is 0. The predicted molar refractivity (Wildman–Crippen MR) is 77.8 cm³/mol. The molecule has 2 aromatic rings. The van der Waals surface area contributed by atoms with Gasteiger partial charge in [-0.3, -0.25) is 9.69 Å². The molecule has 21 heavy (non-hydrogen) atoms. The van der Waals surface area contributed by atoms with E-state index in [2.05, 4.69) is 15.2 Å². The SMILES string of the molecule is O=C(CN1CCOC(c2nccs2)C1)NCc1ccco1. The molecule has 1 unspecified atom stereocenters. The van der Waals surface area contributed by atoms with Crippen LogP contribution >= 0.6 is 11.3 Å². The third kappa shape index (κ3) is 3.90. The third-order valence-corrected chi connectivity index (χ3v) is 4.15. The van der Waals surface area contributed by atoms with Gasteiger partial charge in [-0.2, -0.15) is 0 Å². The number of amides is 1. The summed E-state index contributed by atoms with van der Waals surface area (Å²) in [6, 6.07) is 3.65. The van der Waals surface area contributed by atoms with E-state index in [1.807, 2.05) is 17.5 Å². The highest BCUT2D eigenvalue weighted by Crippen LogP contribution is 2.23. The lowest BCUT2D eigenvalue weighted by Gasteiger charge is -2.31. The van der Waals surface area contributed by atoms with E-state index in [1.165, 1.54) is 0 Å². The van der Waals surface area contributed by atoms with E-state index in [4.69, 9.17) is 9.15 Å². The van der Waals surface area contributed by atoms with Gasteiger partial charge in [-0.05, 0) is 12.1 Å². The minimum Gasteiger partial charge on any atom is -0.467 e. The van der Waals surface area contributed by atoms with Gasteiger partial charge in [-0.1, -0.05) is 0 Å². The number of hydrogen-bond acceptors (Lipinski definition) is 6. The van der Waals surface area contributed by atoms with Crippen molar-refractivity contribution in [3.05, 3.63) is 40.7 Å². The summed E-state index contributed by atoms with van der Waals surface area (Å²) in [6.07, 6.45) is 3.34. The maximum absolute atomic E-state index is 12.0. The van der Waals surface area contributed by atoms with Gasteiger partial charge in [0.2, 0.25) is 5.91 Å². The molecule has 3 heterocycles. The molecule has 1 amide bonds. The Bertz CT molecular complexity index is 556. The molecule has 1 atom stereocenters. The summed E-state index contributed by atoms with van der Waals surface area (Å²) in [4.78, 5) is 18.3. The van der Waals surface area contributed by atoms with Crippen LogP contribution in [0.1, 0.15) is 16.9 Å². The van der Waals surface area contributed by atoms with Crippen LogP contribution in [0.25, 0.3) is 0 Å². The fraction of sp³-hybridized carbons (Fsp3) is 0.429. The van der Waals surface area contributed by atoms with Gasteiger partial charge < -0.3 is 14.5 Å². The first-order valence-corrected chi connectivity index (χ1v) is 7.71. The number of thiazole rings is 1. The smallest absolute Gasteiger partial charge is 0.234 e. The van der Waals surface area contributed by atoms with Gasteiger partial charge in [0.05, 0.1) is 26.0 Å². The molecule has 1 aliphatic rings. The molecule has 0 radical (unpaired) electrons. The van der Waals surface area contributed by atoms with Crippen molar-refractivity contribution in [2.24, 2.45) is 0 Å². The van der Waals surface area contributed by atoms with Crippen molar-refractivity contribution in [3.8, 4) is 0 Å². The monoisotopic (exact) mass is 307 g/mol. The van der Waals surface area contributed by atoms with E-state index < -0.39 is 0 Å². The highest BCUT2D eigenvalue weighted by molar-refractivity contribution is 7.09. The van der Waals surface area contributed by atoms with Gasteiger partial charge in [0.15, 0.2) is 0 Å². The molecular formula is C14H17N3O3S. The molecule has 1 aliphatic heterocycles. The normalized spacial score (nSPS) is 19.5. The maximum atomic E-state index is 12.0. The van der Waals surface area contributed by atoms with Gasteiger partial charge >= 0.3 is 0 Å². The molecule has 0 spiro atoms. The number of nitrogens with one attached hydrogen (secondary N) is 1. The highest BCUT2D eigenvalue weighted by Gasteiger charge is 2.24. The zero-order chi connectivity index (χ0) is 14.5. The first kappa shape index (κ1) is 14.2. The van der Waals surface area contributed by atoms with Crippen LogP contribution in [0.15, 0.2) is 34.4 Å². The number of rotatable bonds is 5. The largest absolute Gasteiger partial charge is 0.467 e. The Morgan fingerprint density at radius 1 is 1.57 bits per heavy atom. The van der Waals surface area contributed by atoms with Crippen LogP contribution in [0.3, 0.4) is 0 Å². The third-order valence-electron chi connectivity index (χ3n) is 3.28. The molecule has 112 valence electrons. The van der Waals surface area contributed by atoms with E-state index >= 15 is 0 Å². The zero-order valence-electron chi connectivity index (χ0n) is 11.5. The summed E-state index contributed by atoms with van der Waals surface area (Å²) in [6.45, 7) is 2.87.